The fourth-order valence-electron chi connectivity index (χ4n) is 1.59. The lowest BCUT2D eigenvalue weighted by Crippen LogP contribution is -2.32. The first kappa shape index (κ1) is 9.96. The van der Waals surface area contributed by atoms with Gasteiger partial charge in [-0.2, -0.15) is 0 Å². The van der Waals surface area contributed by atoms with E-state index in [0.717, 1.165) is 13.0 Å². The van der Waals surface area contributed by atoms with Crippen LogP contribution in [0.25, 0.3) is 0 Å². The smallest absolute Gasteiger partial charge is 0.155 e. The summed E-state index contributed by atoms with van der Waals surface area (Å²) in [4.78, 5) is 2.39. The van der Waals surface area contributed by atoms with Gasteiger partial charge in [-0.25, -0.2) is 0 Å². The van der Waals surface area contributed by atoms with Crippen LogP contribution >= 0.6 is 0 Å². The molecule has 0 aromatic rings. The highest BCUT2D eigenvalue weighted by Crippen LogP contribution is 2.09. The van der Waals surface area contributed by atoms with E-state index in [2.05, 4.69) is 4.90 Å². The minimum atomic E-state index is -0.577. The first-order valence-electron chi connectivity index (χ1n) is 4.76. The summed E-state index contributed by atoms with van der Waals surface area (Å²) < 4.78 is 4.77. The highest BCUT2D eigenvalue weighted by Gasteiger charge is 2.11. The zero-order valence-corrected chi connectivity index (χ0v) is 7.83. The van der Waals surface area contributed by atoms with Gasteiger partial charge in [0.1, 0.15) is 0 Å². The van der Waals surface area contributed by atoms with E-state index in [4.69, 9.17) is 9.84 Å². The lowest BCUT2D eigenvalue weighted by molar-refractivity contribution is -0.0824. The molecule has 0 aliphatic carbocycles. The van der Waals surface area contributed by atoms with Gasteiger partial charge in [-0.3, -0.25) is 0 Å². The monoisotopic (exact) mass is 173 g/mol. The predicted octanol–water partition coefficient (Wildman–Crippen LogP) is 0.827. The Kier molecular flexibility index (Phi) is 4.58. The summed E-state index contributed by atoms with van der Waals surface area (Å²) in [5, 5.41) is 9.14. The van der Waals surface area contributed by atoms with E-state index in [1.807, 2.05) is 0 Å². The fourth-order valence-corrected chi connectivity index (χ4v) is 1.59. The van der Waals surface area contributed by atoms with Crippen LogP contribution in [0.5, 0.6) is 0 Å². The average molecular weight is 173 g/mol. The summed E-state index contributed by atoms with van der Waals surface area (Å²) >= 11 is 0. The van der Waals surface area contributed by atoms with Crippen LogP contribution in [0.3, 0.4) is 0 Å². The van der Waals surface area contributed by atoms with Crippen molar-refractivity contribution in [3.8, 4) is 0 Å². The van der Waals surface area contributed by atoms with Crippen LogP contribution in [0, 0.1) is 0 Å². The molecule has 1 aliphatic rings. The molecular weight excluding hydrogens is 154 g/mol. The maximum Gasteiger partial charge on any atom is 0.155 e. The van der Waals surface area contributed by atoms with E-state index in [9.17, 15) is 0 Å². The minimum absolute atomic E-state index is 0.577. The third-order valence-electron chi connectivity index (χ3n) is 2.41. The normalized spacial score (nSPS) is 22.5. The summed E-state index contributed by atoms with van der Waals surface area (Å²) in [5.41, 5.74) is 0. The van der Waals surface area contributed by atoms with Crippen LogP contribution in [0.15, 0.2) is 0 Å². The molecule has 1 atom stereocenters. The number of hydrogen-bond acceptors (Lipinski definition) is 3. The van der Waals surface area contributed by atoms with Gasteiger partial charge in [0.2, 0.25) is 0 Å². The van der Waals surface area contributed by atoms with E-state index in [-0.39, 0.29) is 0 Å². The number of aliphatic hydroxyl groups is 1. The van der Waals surface area contributed by atoms with Crippen molar-refractivity contribution in [2.45, 2.75) is 32.0 Å². The second-order valence-corrected chi connectivity index (χ2v) is 3.38. The number of likely N-dealkylation sites (tertiary alicyclic amines) is 1. The molecule has 0 bridgehead atoms. The second-order valence-electron chi connectivity index (χ2n) is 3.38. The lowest BCUT2D eigenvalue weighted by Gasteiger charge is -2.26. The molecule has 1 aliphatic heterocycles. The topological polar surface area (TPSA) is 32.7 Å². The highest BCUT2D eigenvalue weighted by molar-refractivity contribution is 4.64. The maximum atomic E-state index is 9.14. The number of piperidine rings is 1. The quantitative estimate of drug-likeness (QED) is 0.639. The molecule has 1 unspecified atom stereocenters. The molecule has 1 saturated heterocycles. The van der Waals surface area contributed by atoms with E-state index in [0.29, 0.717) is 0 Å². The third kappa shape index (κ3) is 3.52. The second kappa shape index (κ2) is 5.51. The molecule has 72 valence electrons. The molecule has 0 saturated carbocycles. The molecule has 1 fully saturated rings. The first-order chi connectivity index (χ1) is 5.83. The van der Waals surface area contributed by atoms with Crippen molar-refractivity contribution in [3.63, 3.8) is 0 Å². The third-order valence-corrected chi connectivity index (χ3v) is 2.41. The van der Waals surface area contributed by atoms with Gasteiger partial charge in [0.25, 0.3) is 0 Å². The molecule has 3 heteroatoms. The van der Waals surface area contributed by atoms with Gasteiger partial charge >= 0.3 is 0 Å². The SMILES string of the molecule is COC(O)CCN1CCCCC1. The zero-order chi connectivity index (χ0) is 8.81. The van der Waals surface area contributed by atoms with Gasteiger partial charge in [0.15, 0.2) is 6.29 Å². The molecule has 0 amide bonds. The molecule has 1 rings (SSSR count). The molecule has 0 aromatic carbocycles. The van der Waals surface area contributed by atoms with Crippen LogP contribution in [0.4, 0.5) is 0 Å². The number of aliphatic hydroxyl groups excluding tert-OH is 1. The van der Waals surface area contributed by atoms with Crippen molar-refractivity contribution in [1.29, 1.82) is 0 Å². The van der Waals surface area contributed by atoms with Gasteiger partial charge < -0.3 is 14.7 Å². The van der Waals surface area contributed by atoms with E-state index in [1.165, 1.54) is 32.4 Å². The van der Waals surface area contributed by atoms with E-state index in [1.54, 1.807) is 7.11 Å². The van der Waals surface area contributed by atoms with Crippen LogP contribution in [0.2, 0.25) is 0 Å². The molecule has 1 heterocycles. The van der Waals surface area contributed by atoms with Crippen LogP contribution in [0.1, 0.15) is 25.7 Å². The Morgan fingerprint density at radius 1 is 1.33 bits per heavy atom. The summed E-state index contributed by atoms with van der Waals surface area (Å²) in [6.07, 6.45) is 4.14. The number of nitrogens with zero attached hydrogens (tertiary/aromatic N) is 1. The van der Waals surface area contributed by atoms with Crippen LogP contribution in [-0.4, -0.2) is 43.0 Å². The van der Waals surface area contributed by atoms with Gasteiger partial charge in [-0.1, -0.05) is 6.42 Å². The Bertz CT molecular complexity index is 113. The van der Waals surface area contributed by atoms with Crippen molar-refractivity contribution < 1.29 is 9.84 Å². The van der Waals surface area contributed by atoms with E-state index >= 15 is 0 Å². The van der Waals surface area contributed by atoms with Crippen LogP contribution in [-0.2, 0) is 4.74 Å². The van der Waals surface area contributed by atoms with Gasteiger partial charge in [-0.05, 0) is 25.9 Å². The average Bonchev–Trinajstić information content (AvgIpc) is 2.16. The molecular formula is C9H19NO2. The van der Waals surface area contributed by atoms with Crippen molar-refractivity contribution in [3.05, 3.63) is 0 Å². The number of hydrogen-bond donors (Lipinski definition) is 1. The van der Waals surface area contributed by atoms with Crippen molar-refractivity contribution in [2.24, 2.45) is 0 Å². The predicted molar refractivity (Wildman–Crippen MR) is 47.9 cm³/mol. The van der Waals surface area contributed by atoms with Crippen LogP contribution < -0.4 is 0 Å². The fraction of sp³-hybridized carbons (Fsp3) is 1.00. The lowest BCUT2D eigenvalue weighted by atomic mass is 10.1. The highest BCUT2D eigenvalue weighted by atomic mass is 16.6. The zero-order valence-electron chi connectivity index (χ0n) is 7.83. The number of ether oxygens (including phenoxy) is 1. The molecule has 0 radical (unpaired) electrons. The van der Waals surface area contributed by atoms with Gasteiger partial charge in [0.05, 0.1) is 0 Å². The number of methoxy groups -OCH3 is 1. The minimum Gasteiger partial charge on any atom is -0.368 e. The van der Waals surface area contributed by atoms with Crippen molar-refractivity contribution >= 4 is 0 Å². The largest absolute Gasteiger partial charge is 0.368 e. The summed E-state index contributed by atoms with van der Waals surface area (Å²) in [6, 6.07) is 0. The Morgan fingerprint density at radius 2 is 2.00 bits per heavy atom. The van der Waals surface area contributed by atoms with Crippen molar-refractivity contribution in [1.82, 2.24) is 4.90 Å². The summed E-state index contributed by atoms with van der Waals surface area (Å²) in [5.74, 6) is 0. The first-order valence-corrected chi connectivity index (χ1v) is 4.76. The molecule has 1 N–H and O–H groups in total. The van der Waals surface area contributed by atoms with Gasteiger partial charge in [0, 0.05) is 20.1 Å². The van der Waals surface area contributed by atoms with Gasteiger partial charge in [-0.15, -0.1) is 0 Å². The Hall–Kier alpha value is -0.120. The molecule has 3 nitrogen and oxygen atoms in total. The summed E-state index contributed by atoms with van der Waals surface area (Å²) in [7, 11) is 1.54. The Labute approximate surface area is 74.3 Å². The molecule has 0 spiro atoms. The standard InChI is InChI=1S/C9H19NO2/c1-12-9(11)5-8-10-6-3-2-4-7-10/h9,11H,2-8H2,1H3. The molecule has 12 heavy (non-hydrogen) atoms. The summed E-state index contributed by atoms with van der Waals surface area (Å²) in [6.45, 7) is 3.35. The Balaban J connectivity index is 2.05. The Morgan fingerprint density at radius 3 is 2.58 bits per heavy atom. The van der Waals surface area contributed by atoms with E-state index < -0.39 is 6.29 Å². The molecule has 0 aromatic heterocycles. The maximum absolute atomic E-state index is 9.14. The van der Waals surface area contributed by atoms with Crippen molar-refractivity contribution in [2.75, 3.05) is 26.7 Å². The number of rotatable bonds is 4.